The van der Waals surface area contributed by atoms with Gasteiger partial charge in [-0.3, -0.25) is 4.90 Å². The molecule has 0 aliphatic heterocycles. The minimum atomic E-state index is -1.26. The minimum absolute atomic E-state index is 0.116. The van der Waals surface area contributed by atoms with Crippen LogP contribution in [-0.4, -0.2) is 99.8 Å². The van der Waals surface area contributed by atoms with E-state index in [0.717, 1.165) is 31.7 Å². The van der Waals surface area contributed by atoms with Gasteiger partial charge in [0, 0.05) is 32.2 Å². The summed E-state index contributed by atoms with van der Waals surface area (Å²) in [5.74, 6) is -1.61. The second-order valence-electron chi connectivity index (χ2n) is 7.15. The Morgan fingerprint density at radius 2 is 1.55 bits per heavy atom. The maximum absolute atomic E-state index is 9.55. The van der Waals surface area contributed by atoms with Gasteiger partial charge in [-0.1, -0.05) is 12.1 Å². The number of hydrogen-bond donors (Lipinski definition) is 2. The zero-order valence-electron chi connectivity index (χ0n) is 19.1. The average molecular weight is 441 g/mol. The smallest absolute Gasteiger partial charge is 0.328 e. The van der Waals surface area contributed by atoms with Crippen molar-refractivity contribution in [2.45, 2.75) is 19.1 Å². The second kappa shape index (κ2) is 17.2. The predicted octanol–water partition coefficient (Wildman–Crippen LogP) is 1.82. The molecule has 0 heterocycles. The van der Waals surface area contributed by atoms with Crippen molar-refractivity contribution in [3.8, 4) is 5.75 Å². The fourth-order valence-corrected chi connectivity index (χ4v) is 2.26. The van der Waals surface area contributed by atoms with Crippen molar-refractivity contribution in [3.63, 3.8) is 0 Å². The first kappa shape index (κ1) is 28.5. The van der Waals surface area contributed by atoms with Crippen LogP contribution >= 0.6 is 0 Å². The summed E-state index contributed by atoms with van der Waals surface area (Å²) in [4.78, 5) is 23.3. The van der Waals surface area contributed by atoms with E-state index >= 15 is 0 Å². The standard InChI is InChI=1S/C18H32N2O3.C4H4O4/c1-19(2)15-18(20(3)4)23-13-6-12-22-17-9-7-16(8-10-17)11-14-21-5;5-3(6)1-2-4(7)8/h7-10,18H,6,11-15H2,1-5H3;1-2H,(H,5,6)(H,7,8)/b;2-1-. The predicted molar refractivity (Wildman–Crippen MR) is 119 cm³/mol. The van der Waals surface area contributed by atoms with Gasteiger partial charge >= 0.3 is 11.9 Å². The van der Waals surface area contributed by atoms with E-state index in [0.29, 0.717) is 25.4 Å². The third-order valence-electron chi connectivity index (χ3n) is 3.85. The van der Waals surface area contributed by atoms with Gasteiger partial charge < -0.3 is 29.3 Å². The van der Waals surface area contributed by atoms with E-state index in [1.807, 2.05) is 26.2 Å². The molecule has 0 saturated heterocycles. The molecule has 31 heavy (non-hydrogen) atoms. The van der Waals surface area contributed by atoms with Crippen LogP contribution in [0.15, 0.2) is 36.4 Å². The molecule has 2 N–H and O–H groups in total. The Kier molecular flexibility index (Phi) is 15.9. The van der Waals surface area contributed by atoms with Crippen LogP contribution < -0.4 is 4.74 Å². The molecule has 1 unspecified atom stereocenters. The lowest BCUT2D eigenvalue weighted by molar-refractivity contribution is -0.134. The molecule has 0 aliphatic rings. The maximum atomic E-state index is 9.55. The Hall–Kier alpha value is -2.46. The number of aliphatic carboxylic acids is 2. The summed E-state index contributed by atoms with van der Waals surface area (Å²) in [5.41, 5.74) is 1.26. The molecule has 176 valence electrons. The number of likely N-dealkylation sites (N-methyl/N-ethyl adjacent to an activating group) is 2. The highest BCUT2D eigenvalue weighted by Crippen LogP contribution is 2.13. The van der Waals surface area contributed by atoms with Crippen molar-refractivity contribution in [1.82, 2.24) is 9.80 Å². The van der Waals surface area contributed by atoms with E-state index in [2.05, 4.69) is 36.0 Å². The van der Waals surface area contributed by atoms with E-state index in [9.17, 15) is 9.59 Å². The van der Waals surface area contributed by atoms with E-state index in [1.165, 1.54) is 5.56 Å². The molecule has 0 aliphatic carbocycles. The first-order chi connectivity index (χ1) is 14.6. The van der Waals surface area contributed by atoms with Crippen LogP contribution in [0.3, 0.4) is 0 Å². The summed E-state index contributed by atoms with van der Waals surface area (Å²) < 4.78 is 16.7. The van der Waals surface area contributed by atoms with Gasteiger partial charge in [-0.05, 0) is 52.3 Å². The van der Waals surface area contributed by atoms with Crippen LogP contribution in [0.5, 0.6) is 5.75 Å². The molecular formula is C22H36N2O7. The Labute approximate surface area is 184 Å². The van der Waals surface area contributed by atoms with Gasteiger partial charge in [-0.25, -0.2) is 9.59 Å². The molecule has 0 saturated carbocycles. The van der Waals surface area contributed by atoms with Crippen molar-refractivity contribution >= 4 is 11.9 Å². The Balaban J connectivity index is 0.000000954. The molecule has 1 aromatic rings. The van der Waals surface area contributed by atoms with Crippen molar-refractivity contribution in [1.29, 1.82) is 0 Å². The highest BCUT2D eigenvalue weighted by atomic mass is 16.5. The SMILES string of the molecule is COCCc1ccc(OCCCOC(CN(C)C)N(C)C)cc1.O=C(O)/C=C\C(=O)O. The van der Waals surface area contributed by atoms with Crippen LogP contribution in [0.25, 0.3) is 0 Å². The Morgan fingerprint density at radius 1 is 0.968 bits per heavy atom. The van der Waals surface area contributed by atoms with Crippen LogP contribution in [0.1, 0.15) is 12.0 Å². The van der Waals surface area contributed by atoms with Crippen molar-refractivity contribution in [3.05, 3.63) is 42.0 Å². The van der Waals surface area contributed by atoms with Crippen molar-refractivity contribution in [2.24, 2.45) is 0 Å². The average Bonchev–Trinajstić information content (AvgIpc) is 2.70. The number of methoxy groups -OCH3 is 1. The van der Waals surface area contributed by atoms with Crippen LogP contribution in [0, 0.1) is 0 Å². The number of hydrogen-bond acceptors (Lipinski definition) is 7. The third-order valence-corrected chi connectivity index (χ3v) is 3.85. The number of benzene rings is 1. The number of carboxylic acids is 2. The lowest BCUT2D eigenvalue weighted by atomic mass is 10.1. The summed E-state index contributed by atoms with van der Waals surface area (Å²) in [6, 6.07) is 8.20. The van der Waals surface area contributed by atoms with Gasteiger partial charge in [0.05, 0.1) is 19.8 Å². The molecule has 0 radical (unpaired) electrons. The largest absolute Gasteiger partial charge is 0.494 e. The normalized spacial score (nSPS) is 12.0. The van der Waals surface area contributed by atoms with Crippen LogP contribution in [-0.2, 0) is 25.5 Å². The molecule has 1 atom stereocenters. The molecule has 0 bridgehead atoms. The molecule has 0 fully saturated rings. The van der Waals surface area contributed by atoms with Gasteiger partial charge in [0.25, 0.3) is 0 Å². The fraction of sp³-hybridized carbons (Fsp3) is 0.545. The Bertz CT molecular complexity index is 630. The third kappa shape index (κ3) is 17.0. The van der Waals surface area contributed by atoms with E-state index in [-0.39, 0.29) is 6.23 Å². The van der Waals surface area contributed by atoms with E-state index in [1.54, 1.807) is 7.11 Å². The zero-order valence-corrected chi connectivity index (χ0v) is 19.1. The molecule has 9 nitrogen and oxygen atoms in total. The lowest BCUT2D eigenvalue weighted by Gasteiger charge is -2.27. The fourth-order valence-electron chi connectivity index (χ4n) is 2.26. The maximum Gasteiger partial charge on any atom is 0.328 e. The number of rotatable bonds is 14. The molecular weight excluding hydrogens is 404 g/mol. The van der Waals surface area contributed by atoms with E-state index in [4.69, 9.17) is 24.4 Å². The second-order valence-corrected chi connectivity index (χ2v) is 7.15. The van der Waals surface area contributed by atoms with Gasteiger partial charge in [-0.2, -0.15) is 0 Å². The lowest BCUT2D eigenvalue weighted by Crippen LogP contribution is -2.39. The molecule has 0 spiro atoms. The first-order valence-corrected chi connectivity index (χ1v) is 9.93. The Morgan fingerprint density at radius 3 is 2.00 bits per heavy atom. The highest BCUT2D eigenvalue weighted by molar-refractivity contribution is 5.89. The summed E-state index contributed by atoms with van der Waals surface area (Å²) in [6.07, 6.45) is 3.04. The van der Waals surface area contributed by atoms with E-state index < -0.39 is 11.9 Å². The number of carboxylic acid groups (broad SMARTS) is 2. The van der Waals surface area contributed by atoms with Gasteiger partial charge in [0.1, 0.15) is 12.0 Å². The highest BCUT2D eigenvalue weighted by Gasteiger charge is 2.12. The van der Waals surface area contributed by atoms with Crippen LogP contribution in [0.2, 0.25) is 0 Å². The van der Waals surface area contributed by atoms with Gasteiger partial charge in [0.15, 0.2) is 0 Å². The van der Waals surface area contributed by atoms with Crippen molar-refractivity contribution in [2.75, 3.05) is 61.7 Å². The number of nitrogens with zero attached hydrogens (tertiary/aromatic N) is 2. The quantitative estimate of drug-likeness (QED) is 0.254. The van der Waals surface area contributed by atoms with Crippen molar-refractivity contribution < 1.29 is 34.0 Å². The molecule has 9 heteroatoms. The minimum Gasteiger partial charge on any atom is -0.494 e. The number of carbonyl (C=O) groups is 2. The molecule has 0 aromatic heterocycles. The summed E-state index contributed by atoms with van der Waals surface area (Å²) in [6.45, 7) is 3.00. The molecule has 1 aromatic carbocycles. The molecule has 0 amide bonds. The summed E-state index contributed by atoms with van der Waals surface area (Å²) in [7, 11) is 9.91. The van der Waals surface area contributed by atoms with Gasteiger partial charge in [-0.15, -0.1) is 0 Å². The van der Waals surface area contributed by atoms with Gasteiger partial charge in [0.2, 0.25) is 0 Å². The molecule has 1 rings (SSSR count). The number of ether oxygens (including phenoxy) is 3. The monoisotopic (exact) mass is 440 g/mol. The zero-order chi connectivity index (χ0) is 23.6. The summed E-state index contributed by atoms with van der Waals surface area (Å²) in [5, 5.41) is 15.6. The summed E-state index contributed by atoms with van der Waals surface area (Å²) >= 11 is 0. The topological polar surface area (TPSA) is 109 Å². The van der Waals surface area contributed by atoms with Crippen LogP contribution in [0.4, 0.5) is 0 Å². The first-order valence-electron chi connectivity index (χ1n) is 9.93.